The van der Waals surface area contributed by atoms with Crippen LogP contribution in [0.3, 0.4) is 0 Å². The molecular weight excluding hydrogens is 283 g/mol. The Labute approximate surface area is 122 Å². The van der Waals surface area contributed by atoms with Crippen LogP contribution in [0.25, 0.3) is 0 Å². The highest BCUT2D eigenvalue weighted by molar-refractivity contribution is 5.78. The van der Waals surface area contributed by atoms with Crippen LogP contribution in [0.5, 0.6) is 0 Å². The average molecular weight is 303 g/mol. The first-order valence-electron chi connectivity index (χ1n) is 6.83. The summed E-state index contributed by atoms with van der Waals surface area (Å²) >= 11 is 0. The minimum absolute atomic E-state index is 0.107. The fraction of sp³-hybridized carbons (Fsp3) is 0.533. The third-order valence-corrected chi connectivity index (χ3v) is 2.83. The quantitative estimate of drug-likeness (QED) is 0.817. The largest absolute Gasteiger partial charge is 0.465 e. The summed E-state index contributed by atoms with van der Waals surface area (Å²) < 4.78 is 44.1. The van der Waals surface area contributed by atoms with Gasteiger partial charge in [-0.1, -0.05) is 32.0 Å². The highest BCUT2D eigenvalue weighted by atomic mass is 19.4. The number of rotatable bonds is 6. The molecule has 6 heteroatoms. The van der Waals surface area contributed by atoms with Crippen LogP contribution in [0.2, 0.25) is 0 Å². The summed E-state index contributed by atoms with van der Waals surface area (Å²) in [5.41, 5.74) is -0.927. The first kappa shape index (κ1) is 17.5. The van der Waals surface area contributed by atoms with E-state index in [4.69, 9.17) is 4.74 Å². The molecule has 0 spiro atoms. The lowest BCUT2D eigenvalue weighted by atomic mass is 9.99. The van der Waals surface area contributed by atoms with Crippen molar-refractivity contribution in [3.05, 3.63) is 35.4 Å². The molecule has 118 valence electrons. The van der Waals surface area contributed by atoms with Gasteiger partial charge in [-0.2, -0.15) is 13.2 Å². The van der Waals surface area contributed by atoms with Gasteiger partial charge in [0.1, 0.15) is 6.04 Å². The second-order valence-corrected chi connectivity index (χ2v) is 5.07. The normalized spacial score (nSPS) is 13.3. The van der Waals surface area contributed by atoms with Gasteiger partial charge in [-0.05, 0) is 31.0 Å². The van der Waals surface area contributed by atoms with Crippen LogP contribution in [-0.2, 0) is 15.7 Å². The summed E-state index contributed by atoms with van der Waals surface area (Å²) in [6.45, 7) is 5.96. The molecule has 1 aromatic rings. The minimum Gasteiger partial charge on any atom is -0.465 e. The molecule has 1 aromatic carbocycles. The molecule has 0 amide bonds. The highest BCUT2D eigenvalue weighted by Crippen LogP contribution is 2.34. The Morgan fingerprint density at radius 3 is 2.43 bits per heavy atom. The van der Waals surface area contributed by atoms with Crippen molar-refractivity contribution in [2.24, 2.45) is 5.92 Å². The summed E-state index contributed by atoms with van der Waals surface area (Å²) in [5, 5.41) is 2.86. The summed E-state index contributed by atoms with van der Waals surface area (Å²) in [7, 11) is 0. The van der Waals surface area contributed by atoms with E-state index in [2.05, 4.69) is 5.32 Å². The number of carbonyl (C=O) groups is 1. The predicted molar refractivity (Wildman–Crippen MR) is 73.7 cm³/mol. The van der Waals surface area contributed by atoms with Crippen molar-refractivity contribution in [3.63, 3.8) is 0 Å². The molecule has 3 nitrogen and oxygen atoms in total. The van der Waals surface area contributed by atoms with E-state index in [1.165, 1.54) is 18.2 Å². The van der Waals surface area contributed by atoms with Crippen LogP contribution in [0.15, 0.2) is 24.3 Å². The summed E-state index contributed by atoms with van der Waals surface area (Å²) in [4.78, 5) is 12.0. The molecule has 0 radical (unpaired) electrons. The van der Waals surface area contributed by atoms with Crippen LogP contribution in [0.1, 0.15) is 37.9 Å². The lowest BCUT2D eigenvalue weighted by Crippen LogP contribution is -2.34. The van der Waals surface area contributed by atoms with E-state index in [-0.39, 0.29) is 18.1 Å². The number of hydrogen-bond acceptors (Lipinski definition) is 3. The molecule has 0 aliphatic heterocycles. The minimum atomic E-state index is -4.51. The molecule has 0 fully saturated rings. The molecule has 21 heavy (non-hydrogen) atoms. The topological polar surface area (TPSA) is 38.3 Å². The fourth-order valence-corrected chi connectivity index (χ4v) is 1.91. The Bertz CT molecular complexity index is 472. The van der Waals surface area contributed by atoms with Crippen molar-refractivity contribution in [1.29, 1.82) is 0 Å². The van der Waals surface area contributed by atoms with Crippen molar-refractivity contribution in [2.75, 3.05) is 13.2 Å². The molecule has 0 saturated carbocycles. The first-order chi connectivity index (χ1) is 9.77. The molecule has 1 N–H and O–H groups in total. The Hall–Kier alpha value is -1.56. The monoisotopic (exact) mass is 303 g/mol. The third kappa shape index (κ3) is 5.04. The molecule has 0 aliphatic rings. The lowest BCUT2D eigenvalue weighted by molar-refractivity contribution is -0.147. The van der Waals surface area contributed by atoms with Crippen molar-refractivity contribution in [3.8, 4) is 0 Å². The van der Waals surface area contributed by atoms with E-state index in [0.29, 0.717) is 6.54 Å². The van der Waals surface area contributed by atoms with Gasteiger partial charge in [0.05, 0.1) is 12.2 Å². The molecule has 0 aliphatic carbocycles. The molecule has 0 bridgehead atoms. The van der Waals surface area contributed by atoms with E-state index in [1.807, 2.05) is 13.8 Å². The van der Waals surface area contributed by atoms with Crippen molar-refractivity contribution >= 4 is 5.97 Å². The number of hydrogen-bond donors (Lipinski definition) is 1. The van der Waals surface area contributed by atoms with Gasteiger partial charge in [-0.25, -0.2) is 4.79 Å². The van der Waals surface area contributed by atoms with Crippen LogP contribution < -0.4 is 5.32 Å². The SMILES string of the molecule is CCOC(=O)C(NCC(C)C)c1ccccc1C(F)(F)F. The zero-order chi connectivity index (χ0) is 16.0. The molecule has 1 rings (SSSR count). The van der Waals surface area contributed by atoms with E-state index < -0.39 is 23.8 Å². The van der Waals surface area contributed by atoms with Gasteiger partial charge in [0.15, 0.2) is 0 Å². The number of ether oxygens (including phenoxy) is 1. The van der Waals surface area contributed by atoms with Crippen LogP contribution >= 0.6 is 0 Å². The van der Waals surface area contributed by atoms with Gasteiger partial charge in [-0.15, -0.1) is 0 Å². The molecule has 0 aromatic heterocycles. The second kappa shape index (κ2) is 7.45. The van der Waals surface area contributed by atoms with Gasteiger partial charge < -0.3 is 10.1 Å². The van der Waals surface area contributed by atoms with E-state index >= 15 is 0 Å². The van der Waals surface area contributed by atoms with Crippen LogP contribution in [-0.4, -0.2) is 19.1 Å². The fourth-order valence-electron chi connectivity index (χ4n) is 1.91. The molecular formula is C15H20F3NO2. The van der Waals surface area contributed by atoms with Gasteiger partial charge in [0, 0.05) is 0 Å². The molecule has 1 atom stereocenters. The number of halogens is 3. The van der Waals surface area contributed by atoms with Crippen LogP contribution in [0.4, 0.5) is 13.2 Å². The average Bonchev–Trinajstić information content (AvgIpc) is 2.38. The van der Waals surface area contributed by atoms with E-state index in [9.17, 15) is 18.0 Å². The number of nitrogens with one attached hydrogen (secondary N) is 1. The van der Waals surface area contributed by atoms with Crippen LogP contribution in [0, 0.1) is 5.92 Å². The maximum Gasteiger partial charge on any atom is 0.416 e. The zero-order valence-electron chi connectivity index (χ0n) is 12.3. The maximum absolute atomic E-state index is 13.1. The Balaban J connectivity index is 3.16. The lowest BCUT2D eigenvalue weighted by Gasteiger charge is -2.22. The molecule has 0 saturated heterocycles. The standard InChI is InChI=1S/C15H20F3NO2/c1-4-21-14(20)13(19-9-10(2)3)11-7-5-6-8-12(11)15(16,17)18/h5-8,10,13,19H,4,9H2,1-3H3. The Morgan fingerprint density at radius 2 is 1.90 bits per heavy atom. The number of esters is 1. The Morgan fingerprint density at radius 1 is 1.29 bits per heavy atom. The van der Waals surface area contributed by atoms with Crippen molar-refractivity contribution in [2.45, 2.75) is 33.0 Å². The maximum atomic E-state index is 13.1. The summed E-state index contributed by atoms with van der Waals surface area (Å²) in [6.07, 6.45) is -4.51. The zero-order valence-corrected chi connectivity index (χ0v) is 12.3. The smallest absolute Gasteiger partial charge is 0.416 e. The first-order valence-corrected chi connectivity index (χ1v) is 6.83. The third-order valence-electron chi connectivity index (χ3n) is 2.83. The summed E-state index contributed by atoms with van der Waals surface area (Å²) in [5.74, 6) is -0.505. The van der Waals surface area contributed by atoms with Gasteiger partial charge >= 0.3 is 12.1 Å². The summed E-state index contributed by atoms with van der Waals surface area (Å²) in [6, 6.07) is 3.94. The predicted octanol–water partition coefficient (Wildman–Crippen LogP) is 3.56. The second-order valence-electron chi connectivity index (χ2n) is 5.07. The number of carbonyl (C=O) groups excluding carboxylic acids is 1. The molecule has 0 heterocycles. The van der Waals surface area contributed by atoms with Gasteiger partial charge in [-0.3, -0.25) is 0 Å². The number of alkyl halides is 3. The van der Waals surface area contributed by atoms with Gasteiger partial charge in [0.2, 0.25) is 0 Å². The highest BCUT2D eigenvalue weighted by Gasteiger charge is 2.37. The Kier molecular flexibility index (Phi) is 6.20. The van der Waals surface area contributed by atoms with Crippen molar-refractivity contribution < 1.29 is 22.7 Å². The van der Waals surface area contributed by atoms with E-state index in [0.717, 1.165) is 6.07 Å². The van der Waals surface area contributed by atoms with E-state index in [1.54, 1.807) is 6.92 Å². The van der Waals surface area contributed by atoms with Crippen molar-refractivity contribution in [1.82, 2.24) is 5.32 Å². The molecule has 1 unspecified atom stereocenters. The van der Waals surface area contributed by atoms with Gasteiger partial charge in [0.25, 0.3) is 0 Å². The number of benzene rings is 1.